The van der Waals surface area contributed by atoms with Gasteiger partial charge in [-0.25, -0.2) is 0 Å². The third kappa shape index (κ3) is 3.34. The van der Waals surface area contributed by atoms with Crippen LogP contribution in [0.1, 0.15) is 22.8 Å². The average Bonchev–Trinajstić information content (AvgIpc) is 2.26. The van der Waals surface area contributed by atoms with Gasteiger partial charge in [0.25, 0.3) is 0 Å². The topological polar surface area (TPSA) is 40.5 Å². The van der Waals surface area contributed by atoms with Gasteiger partial charge in [-0.15, -0.1) is 11.6 Å². The number of alkyl halides is 4. The van der Waals surface area contributed by atoms with Crippen molar-refractivity contribution in [2.75, 3.05) is 5.88 Å². The van der Waals surface area contributed by atoms with Gasteiger partial charge in [0.1, 0.15) is 6.10 Å². The van der Waals surface area contributed by atoms with Gasteiger partial charge in [0.2, 0.25) is 0 Å². The molecule has 2 unspecified atom stereocenters. The largest absolute Gasteiger partial charge is 0.416 e. The zero-order valence-corrected chi connectivity index (χ0v) is 9.76. The Balaban J connectivity index is 3.15. The van der Waals surface area contributed by atoms with E-state index in [9.17, 15) is 23.4 Å². The highest BCUT2D eigenvalue weighted by atomic mass is 35.5. The monoisotopic (exact) mass is 268 g/mol. The molecular weight excluding hydrogens is 257 g/mol. The second kappa shape index (κ2) is 5.25. The molecule has 2 atom stereocenters. The fourth-order valence-electron chi connectivity index (χ4n) is 1.43. The number of hydrogen-bond donors (Lipinski definition) is 2. The lowest BCUT2D eigenvalue weighted by Crippen LogP contribution is -2.21. The highest BCUT2D eigenvalue weighted by Gasteiger charge is 2.32. The first-order chi connectivity index (χ1) is 7.77. The van der Waals surface area contributed by atoms with Gasteiger partial charge < -0.3 is 10.2 Å². The van der Waals surface area contributed by atoms with E-state index in [0.29, 0.717) is 5.56 Å². The van der Waals surface area contributed by atoms with E-state index in [0.717, 1.165) is 12.1 Å². The summed E-state index contributed by atoms with van der Waals surface area (Å²) < 4.78 is 37.4. The summed E-state index contributed by atoms with van der Waals surface area (Å²) in [5, 5.41) is 19.0. The Bertz CT molecular complexity index is 393. The second-order valence-electron chi connectivity index (χ2n) is 3.74. The Morgan fingerprint density at radius 3 is 2.35 bits per heavy atom. The molecule has 0 aliphatic carbocycles. The molecule has 1 rings (SSSR count). The maximum Gasteiger partial charge on any atom is 0.416 e. The second-order valence-corrected chi connectivity index (χ2v) is 4.04. The molecule has 0 spiro atoms. The molecule has 0 aliphatic heterocycles. The molecule has 0 bridgehead atoms. The molecule has 6 heteroatoms. The Labute approximate surface area is 102 Å². The Morgan fingerprint density at radius 1 is 1.29 bits per heavy atom. The Morgan fingerprint density at radius 2 is 1.88 bits per heavy atom. The SMILES string of the molecule is Cc1ccc(C(F)(F)F)cc1C(O)C(O)CCl. The molecule has 0 heterocycles. The molecule has 96 valence electrons. The average molecular weight is 269 g/mol. The zero-order chi connectivity index (χ0) is 13.2. The number of aryl methyl sites for hydroxylation is 1. The predicted octanol–water partition coefficient (Wildman–Crippen LogP) is 2.65. The molecule has 2 nitrogen and oxygen atoms in total. The van der Waals surface area contributed by atoms with Crippen LogP contribution in [0.2, 0.25) is 0 Å². The van der Waals surface area contributed by atoms with Gasteiger partial charge in [-0.2, -0.15) is 13.2 Å². The van der Waals surface area contributed by atoms with Crippen LogP contribution in [-0.2, 0) is 6.18 Å². The number of benzene rings is 1. The summed E-state index contributed by atoms with van der Waals surface area (Å²) in [5.74, 6) is -0.253. The molecule has 0 aromatic heterocycles. The van der Waals surface area contributed by atoms with E-state index in [2.05, 4.69) is 0 Å². The minimum absolute atomic E-state index is 0.0352. The molecule has 0 aliphatic rings. The molecule has 2 N–H and O–H groups in total. The van der Waals surface area contributed by atoms with Crippen molar-refractivity contribution in [1.82, 2.24) is 0 Å². The summed E-state index contributed by atoms with van der Waals surface area (Å²) >= 11 is 5.35. The molecule has 1 aromatic rings. The molecule has 17 heavy (non-hydrogen) atoms. The summed E-state index contributed by atoms with van der Waals surface area (Å²) in [7, 11) is 0. The molecule has 0 fully saturated rings. The van der Waals surface area contributed by atoms with Crippen LogP contribution in [0.4, 0.5) is 13.2 Å². The highest BCUT2D eigenvalue weighted by molar-refractivity contribution is 6.18. The number of halogens is 4. The van der Waals surface area contributed by atoms with Gasteiger partial charge in [0.05, 0.1) is 17.5 Å². The maximum absolute atomic E-state index is 12.5. The van der Waals surface area contributed by atoms with E-state index in [1.807, 2.05) is 0 Å². The van der Waals surface area contributed by atoms with Crippen molar-refractivity contribution in [3.05, 3.63) is 34.9 Å². The lowest BCUT2D eigenvalue weighted by atomic mass is 9.97. The fourth-order valence-corrected chi connectivity index (χ4v) is 1.60. The van der Waals surface area contributed by atoms with E-state index in [-0.39, 0.29) is 11.4 Å². The third-order valence-electron chi connectivity index (χ3n) is 2.45. The number of hydrogen-bond acceptors (Lipinski definition) is 2. The van der Waals surface area contributed by atoms with E-state index in [1.165, 1.54) is 6.07 Å². The van der Waals surface area contributed by atoms with Crippen molar-refractivity contribution < 1.29 is 23.4 Å². The minimum Gasteiger partial charge on any atom is -0.389 e. The van der Waals surface area contributed by atoms with Gasteiger partial charge in [-0.05, 0) is 30.2 Å². The van der Waals surface area contributed by atoms with Crippen LogP contribution in [0.3, 0.4) is 0 Å². The van der Waals surface area contributed by atoms with E-state index < -0.39 is 23.9 Å². The quantitative estimate of drug-likeness (QED) is 0.828. The van der Waals surface area contributed by atoms with Crippen LogP contribution in [0.15, 0.2) is 18.2 Å². The van der Waals surface area contributed by atoms with Crippen molar-refractivity contribution >= 4 is 11.6 Å². The first-order valence-corrected chi connectivity index (χ1v) is 5.40. The van der Waals surface area contributed by atoms with Crippen LogP contribution in [0.25, 0.3) is 0 Å². The third-order valence-corrected chi connectivity index (χ3v) is 2.76. The van der Waals surface area contributed by atoms with Gasteiger partial charge in [-0.1, -0.05) is 6.07 Å². The highest BCUT2D eigenvalue weighted by Crippen LogP contribution is 2.32. The van der Waals surface area contributed by atoms with E-state index in [4.69, 9.17) is 11.6 Å². The summed E-state index contributed by atoms with van der Waals surface area (Å²) in [5.41, 5.74) is -0.360. The smallest absolute Gasteiger partial charge is 0.389 e. The van der Waals surface area contributed by atoms with E-state index >= 15 is 0 Å². The summed E-state index contributed by atoms with van der Waals surface area (Å²) in [6.07, 6.45) is -7.19. The number of aliphatic hydroxyl groups excluding tert-OH is 2. The molecule has 0 radical (unpaired) electrons. The lowest BCUT2D eigenvalue weighted by Gasteiger charge is -2.19. The van der Waals surface area contributed by atoms with Crippen LogP contribution in [-0.4, -0.2) is 22.2 Å². The minimum atomic E-state index is -4.48. The van der Waals surface area contributed by atoms with Gasteiger partial charge in [-0.3, -0.25) is 0 Å². The van der Waals surface area contributed by atoms with Gasteiger partial charge >= 0.3 is 6.18 Å². The lowest BCUT2D eigenvalue weighted by molar-refractivity contribution is -0.137. The first kappa shape index (κ1) is 14.3. The summed E-state index contributed by atoms with van der Waals surface area (Å²) in [6, 6.07) is 3.01. The van der Waals surface area contributed by atoms with Crippen LogP contribution in [0.5, 0.6) is 0 Å². The van der Waals surface area contributed by atoms with Crippen molar-refractivity contribution in [3.8, 4) is 0 Å². The number of aliphatic hydroxyl groups is 2. The van der Waals surface area contributed by atoms with Crippen molar-refractivity contribution in [3.63, 3.8) is 0 Å². The van der Waals surface area contributed by atoms with Crippen LogP contribution in [0, 0.1) is 6.92 Å². The van der Waals surface area contributed by atoms with Crippen LogP contribution >= 0.6 is 11.6 Å². The molecule has 0 amide bonds. The molecule has 0 saturated heterocycles. The number of rotatable bonds is 3. The van der Waals surface area contributed by atoms with Crippen molar-refractivity contribution in [1.29, 1.82) is 0 Å². The van der Waals surface area contributed by atoms with Crippen molar-refractivity contribution in [2.24, 2.45) is 0 Å². The fraction of sp³-hybridized carbons (Fsp3) is 0.455. The summed E-state index contributed by atoms with van der Waals surface area (Å²) in [4.78, 5) is 0. The Kier molecular flexibility index (Phi) is 4.41. The predicted molar refractivity (Wildman–Crippen MR) is 57.9 cm³/mol. The van der Waals surface area contributed by atoms with Crippen molar-refractivity contribution in [2.45, 2.75) is 25.3 Å². The Hall–Kier alpha value is -0.780. The zero-order valence-electron chi connectivity index (χ0n) is 9.00. The van der Waals surface area contributed by atoms with Crippen LogP contribution < -0.4 is 0 Å². The van der Waals surface area contributed by atoms with Gasteiger partial charge in [0, 0.05) is 0 Å². The molecule has 0 saturated carbocycles. The van der Waals surface area contributed by atoms with Gasteiger partial charge in [0.15, 0.2) is 0 Å². The first-order valence-electron chi connectivity index (χ1n) is 4.87. The maximum atomic E-state index is 12.5. The normalized spacial score (nSPS) is 15.7. The summed E-state index contributed by atoms with van der Waals surface area (Å²) in [6.45, 7) is 1.56. The standard InChI is InChI=1S/C11H12ClF3O2/c1-6-2-3-7(11(13,14)15)4-8(6)10(17)9(16)5-12/h2-4,9-10,16-17H,5H2,1H3. The molecule has 1 aromatic carbocycles. The van der Waals surface area contributed by atoms with E-state index in [1.54, 1.807) is 6.92 Å². The molecular formula is C11H12ClF3O2.